The van der Waals surface area contributed by atoms with Crippen LogP contribution in [0.4, 0.5) is 5.69 Å². The molecule has 1 amide bonds. The fourth-order valence-corrected chi connectivity index (χ4v) is 5.61. The van der Waals surface area contributed by atoms with E-state index in [1.807, 2.05) is 34.9 Å². The van der Waals surface area contributed by atoms with Crippen molar-refractivity contribution in [2.75, 3.05) is 84.1 Å². The zero-order chi connectivity index (χ0) is 27.3. The van der Waals surface area contributed by atoms with Gasteiger partial charge in [-0.2, -0.15) is 0 Å². The first kappa shape index (κ1) is 26.8. The molecule has 1 aromatic heterocycles. The van der Waals surface area contributed by atoms with Gasteiger partial charge in [-0.15, -0.1) is 0 Å². The molecule has 0 unspecified atom stereocenters. The smallest absolute Gasteiger partial charge is 0.256 e. The van der Waals surface area contributed by atoms with Crippen molar-refractivity contribution >= 4 is 22.5 Å². The van der Waals surface area contributed by atoms with E-state index < -0.39 is 0 Å². The Bertz CT molecular complexity index is 1410. The van der Waals surface area contributed by atoms with E-state index in [-0.39, 0.29) is 16.9 Å². The molecule has 2 aromatic carbocycles. The van der Waals surface area contributed by atoms with Crippen LogP contribution in [-0.4, -0.2) is 99.1 Å². The number of hydrogen-bond acceptors (Lipinski definition) is 8. The lowest BCUT2D eigenvalue weighted by molar-refractivity contribution is 0.0374. The lowest BCUT2D eigenvalue weighted by Gasteiger charge is -2.27. The molecule has 0 bridgehead atoms. The van der Waals surface area contributed by atoms with Gasteiger partial charge in [-0.05, 0) is 50.2 Å². The summed E-state index contributed by atoms with van der Waals surface area (Å²) in [4.78, 5) is 31.5. The van der Waals surface area contributed by atoms with E-state index in [0.29, 0.717) is 28.9 Å². The summed E-state index contributed by atoms with van der Waals surface area (Å²) in [5.74, 6) is 0.935. The van der Waals surface area contributed by atoms with Crippen molar-refractivity contribution in [2.45, 2.75) is 12.8 Å². The van der Waals surface area contributed by atoms with Crippen LogP contribution in [-0.2, 0) is 9.47 Å². The molecule has 4 heterocycles. The molecule has 2 fully saturated rings. The third-order valence-corrected chi connectivity index (χ3v) is 7.81. The Morgan fingerprint density at radius 1 is 0.850 bits per heavy atom. The van der Waals surface area contributed by atoms with Crippen LogP contribution in [0, 0.1) is 0 Å². The molecule has 0 spiro atoms. The molecular weight excluding hydrogens is 510 g/mol. The van der Waals surface area contributed by atoms with Gasteiger partial charge in [-0.1, -0.05) is 12.1 Å². The van der Waals surface area contributed by atoms with Gasteiger partial charge < -0.3 is 29.4 Å². The van der Waals surface area contributed by atoms with Crippen LogP contribution in [0.15, 0.2) is 47.4 Å². The standard InChI is InChI=1S/C30H37N5O5/c36-28-22-7-8-24(31-9-3-11-33-13-17-38-18-14-33)29-27(22)35(25-5-1-2-6-26(25)40-29)21-23(28)30(37)32-10-4-12-34-15-19-39-20-16-34/h1-2,5-8,21,31H,3-4,9-20H2,(H,32,37). The Labute approximate surface area is 233 Å². The monoisotopic (exact) mass is 547 g/mol. The number of morpholine rings is 2. The van der Waals surface area contributed by atoms with Gasteiger partial charge in [0.05, 0.1) is 43.2 Å². The summed E-state index contributed by atoms with van der Waals surface area (Å²) in [5, 5.41) is 6.94. The average molecular weight is 548 g/mol. The minimum atomic E-state index is -0.353. The number of nitrogens with zero attached hydrogens (tertiary/aromatic N) is 3. The highest BCUT2D eigenvalue weighted by Crippen LogP contribution is 2.43. The first-order valence-corrected chi connectivity index (χ1v) is 14.3. The molecule has 0 aliphatic carbocycles. The molecule has 40 heavy (non-hydrogen) atoms. The van der Waals surface area contributed by atoms with E-state index in [1.54, 1.807) is 12.3 Å². The summed E-state index contributed by atoms with van der Waals surface area (Å²) in [6.45, 7) is 10.0. The number of rotatable bonds is 10. The number of benzene rings is 2. The fraction of sp³-hybridized carbons (Fsp3) is 0.467. The first-order chi connectivity index (χ1) is 19.7. The molecule has 3 aliphatic rings. The van der Waals surface area contributed by atoms with Crippen molar-refractivity contribution in [2.24, 2.45) is 0 Å². The second-order valence-corrected chi connectivity index (χ2v) is 10.4. The summed E-state index contributed by atoms with van der Waals surface area (Å²) < 4.78 is 19.1. The van der Waals surface area contributed by atoms with E-state index in [0.717, 1.165) is 96.5 Å². The minimum absolute atomic E-state index is 0.132. The van der Waals surface area contributed by atoms with Gasteiger partial charge in [0.2, 0.25) is 5.43 Å². The van der Waals surface area contributed by atoms with E-state index >= 15 is 0 Å². The quantitative estimate of drug-likeness (QED) is 0.293. The fourth-order valence-electron chi connectivity index (χ4n) is 5.61. The molecule has 10 heteroatoms. The normalized spacial score (nSPS) is 17.3. The number of anilines is 1. The number of carbonyl (C=O) groups excluding carboxylic acids is 1. The molecule has 3 aromatic rings. The summed E-state index contributed by atoms with van der Waals surface area (Å²) in [6.07, 6.45) is 3.45. The number of ether oxygens (including phenoxy) is 3. The third-order valence-electron chi connectivity index (χ3n) is 7.81. The van der Waals surface area contributed by atoms with Crippen molar-refractivity contribution in [1.29, 1.82) is 0 Å². The largest absolute Gasteiger partial charge is 0.451 e. The number of fused-ring (bicyclic) bond motifs is 2. The minimum Gasteiger partial charge on any atom is -0.451 e. The van der Waals surface area contributed by atoms with Crippen molar-refractivity contribution < 1.29 is 19.0 Å². The van der Waals surface area contributed by atoms with Crippen molar-refractivity contribution in [1.82, 2.24) is 19.7 Å². The SMILES string of the molecule is O=C(NCCCN1CCOCC1)c1cn2c3c(c(NCCCN4CCOCC4)ccc3c1=O)Oc1ccccc1-2. The number of amides is 1. The Hall–Kier alpha value is -3.44. The van der Waals surface area contributed by atoms with Gasteiger partial charge in [0, 0.05) is 45.5 Å². The highest BCUT2D eigenvalue weighted by molar-refractivity contribution is 6.01. The number of aromatic nitrogens is 1. The Balaban J connectivity index is 1.21. The summed E-state index contributed by atoms with van der Waals surface area (Å²) in [6, 6.07) is 11.4. The van der Waals surface area contributed by atoms with Gasteiger partial charge in [-0.3, -0.25) is 19.4 Å². The topological polar surface area (TPSA) is 97.3 Å². The van der Waals surface area contributed by atoms with Crippen LogP contribution in [0.3, 0.4) is 0 Å². The first-order valence-electron chi connectivity index (χ1n) is 14.3. The molecule has 0 saturated carbocycles. The number of carbonyl (C=O) groups is 1. The summed E-state index contributed by atoms with van der Waals surface area (Å²) in [7, 11) is 0. The van der Waals surface area contributed by atoms with Gasteiger partial charge in [0.15, 0.2) is 11.5 Å². The molecule has 2 saturated heterocycles. The molecule has 212 valence electrons. The van der Waals surface area contributed by atoms with Gasteiger partial charge in [0.25, 0.3) is 5.91 Å². The van der Waals surface area contributed by atoms with Gasteiger partial charge in [-0.25, -0.2) is 0 Å². The number of nitrogens with one attached hydrogen (secondary N) is 2. The van der Waals surface area contributed by atoms with E-state index in [9.17, 15) is 9.59 Å². The van der Waals surface area contributed by atoms with Crippen molar-refractivity contribution in [3.05, 3.63) is 58.4 Å². The van der Waals surface area contributed by atoms with Gasteiger partial charge in [0.1, 0.15) is 11.1 Å². The Kier molecular flexibility index (Phi) is 8.29. The lowest BCUT2D eigenvalue weighted by atomic mass is 10.1. The Morgan fingerprint density at radius 3 is 2.25 bits per heavy atom. The van der Waals surface area contributed by atoms with Crippen molar-refractivity contribution in [3.63, 3.8) is 0 Å². The summed E-state index contributed by atoms with van der Waals surface area (Å²) >= 11 is 0. The molecule has 3 aliphatic heterocycles. The van der Waals surface area contributed by atoms with Gasteiger partial charge >= 0.3 is 0 Å². The second kappa shape index (κ2) is 12.4. The maximum atomic E-state index is 13.6. The Morgan fingerprint density at radius 2 is 1.52 bits per heavy atom. The van der Waals surface area contributed by atoms with Crippen LogP contribution in [0.1, 0.15) is 23.2 Å². The van der Waals surface area contributed by atoms with Crippen LogP contribution >= 0.6 is 0 Å². The number of pyridine rings is 1. The molecular formula is C30H37N5O5. The average Bonchev–Trinajstić information content (AvgIpc) is 3.00. The predicted molar refractivity (Wildman–Crippen MR) is 154 cm³/mol. The lowest BCUT2D eigenvalue weighted by Crippen LogP contribution is -2.38. The van der Waals surface area contributed by atoms with E-state index in [1.165, 1.54) is 0 Å². The van der Waals surface area contributed by atoms with E-state index in [4.69, 9.17) is 14.2 Å². The molecule has 0 atom stereocenters. The molecule has 2 N–H and O–H groups in total. The molecule has 0 radical (unpaired) electrons. The van der Waals surface area contributed by atoms with Crippen LogP contribution in [0.25, 0.3) is 16.6 Å². The van der Waals surface area contributed by atoms with Crippen LogP contribution in [0.5, 0.6) is 11.5 Å². The zero-order valence-electron chi connectivity index (χ0n) is 22.8. The maximum absolute atomic E-state index is 13.6. The van der Waals surface area contributed by atoms with Crippen molar-refractivity contribution in [3.8, 4) is 17.2 Å². The molecule has 10 nitrogen and oxygen atoms in total. The highest BCUT2D eigenvalue weighted by atomic mass is 16.5. The van der Waals surface area contributed by atoms with Crippen LogP contribution < -0.4 is 20.8 Å². The number of para-hydroxylation sites is 2. The number of hydrogen-bond donors (Lipinski definition) is 2. The summed E-state index contributed by atoms with van der Waals surface area (Å²) in [5.41, 5.74) is 2.14. The predicted octanol–water partition coefficient (Wildman–Crippen LogP) is 2.68. The highest BCUT2D eigenvalue weighted by Gasteiger charge is 2.26. The zero-order valence-corrected chi connectivity index (χ0v) is 22.8. The van der Waals surface area contributed by atoms with E-state index in [2.05, 4.69) is 20.4 Å². The maximum Gasteiger partial charge on any atom is 0.256 e. The third kappa shape index (κ3) is 5.71. The second-order valence-electron chi connectivity index (χ2n) is 10.4. The molecule has 6 rings (SSSR count). The van der Waals surface area contributed by atoms with Crippen LogP contribution in [0.2, 0.25) is 0 Å².